The van der Waals surface area contributed by atoms with Crippen LogP contribution in [0, 0.1) is 11.3 Å². The zero-order valence-corrected chi connectivity index (χ0v) is 12.5. The van der Waals surface area contributed by atoms with Gasteiger partial charge >= 0.3 is 0 Å². The third-order valence-corrected chi connectivity index (χ3v) is 3.76. The molecule has 108 valence electrons. The predicted octanol–water partition coefficient (Wildman–Crippen LogP) is 3.60. The minimum absolute atomic E-state index is 0.0479. The van der Waals surface area contributed by atoms with Gasteiger partial charge in [-0.2, -0.15) is 5.26 Å². The van der Waals surface area contributed by atoms with Gasteiger partial charge in [0, 0.05) is 17.6 Å². The van der Waals surface area contributed by atoms with Gasteiger partial charge in [-0.05, 0) is 36.2 Å². The Labute approximate surface area is 129 Å². The fraction of sp³-hybridized carbons (Fsp3) is 0.235. The Morgan fingerprint density at radius 2 is 1.86 bits per heavy atom. The second kappa shape index (κ2) is 7.24. The lowest BCUT2D eigenvalue weighted by Crippen LogP contribution is -2.24. The molecule has 0 aliphatic rings. The number of hydrogen-bond acceptors (Lipinski definition) is 3. The summed E-state index contributed by atoms with van der Waals surface area (Å²) < 4.78 is 0. The first-order valence-corrected chi connectivity index (χ1v) is 7.15. The highest BCUT2D eigenvalue weighted by molar-refractivity contribution is 6.31. The zero-order chi connectivity index (χ0) is 15.2. The van der Waals surface area contributed by atoms with Crippen LogP contribution in [0.15, 0.2) is 48.5 Å². The molecular formula is C17H17ClN2O. The molecule has 2 atom stereocenters. The van der Waals surface area contributed by atoms with E-state index < -0.39 is 6.10 Å². The molecular weight excluding hydrogens is 284 g/mol. The Morgan fingerprint density at radius 3 is 2.48 bits per heavy atom. The van der Waals surface area contributed by atoms with Gasteiger partial charge in [0.15, 0.2) is 0 Å². The molecule has 2 aromatic rings. The molecule has 2 aromatic carbocycles. The van der Waals surface area contributed by atoms with Gasteiger partial charge in [-0.3, -0.25) is 0 Å². The molecule has 0 aliphatic heterocycles. The summed E-state index contributed by atoms with van der Waals surface area (Å²) in [5, 5.41) is 22.9. The Hall–Kier alpha value is -1.86. The molecule has 4 heteroatoms. The highest BCUT2D eigenvalue weighted by Crippen LogP contribution is 2.22. The highest BCUT2D eigenvalue weighted by Gasteiger charge is 2.12. The second-order valence-electron chi connectivity index (χ2n) is 4.90. The van der Waals surface area contributed by atoms with Crippen LogP contribution in [0.2, 0.25) is 5.02 Å². The minimum atomic E-state index is -0.623. The van der Waals surface area contributed by atoms with Crippen LogP contribution in [0.4, 0.5) is 0 Å². The quantitative estimate of drug-likeness (QED) is 0.887. The van der Waals surface area contributed by atoms with Crippen molar-refractivity contribution < 1.29 is 5.11 Å². The third kappa shape index (κ3) is 4.05. The zero-order valence-electron chi connectivity index (χ0n) is 11.8. The average molecular weight is 301 g/mol. The summed E-state index contributed by atoms with van der Waals surface area (Å²) in [6.45, 7) is 2.42. The third-order valence-electron chi connectivity index (χ3n) is 3.41. The number of nitrogens with zero attached hydrogens (tertiary/aromatic N) is 1. The first kappa shape index (κ1) is 15.5. The molecule has 0 radical (unpaired) electrons. The Bertz CT molecular complexity index is 634. The molecule has 21 heavy (non-hydrogen) atoms. The molecule has 3 nitrogen and oxygen atoms in total. The minimum Gasteiger partial charge on any atom is -0.387 e. The van der Waals surface area contributed by atoms with Crippen molar-refractivity contribution in [3.63, 3.8) is 0 Å². The number of rotatable bonds is 5. The van der Waals surface area contributed by atoms with E-state index in [1.165, 1.54) is 0 Å². The topological polar surface area (TPSA) is 56.0 Å². The predicted molar refractivity (Wildman–Crippen MR) is 84.0 cm³/mol. The van der Waals surface area contributed by atoms with E-state index >= 15 is 0 Å². The van der Waals surface area contributed by atoms with Crippen molar-refractivity contribution in [1.82, 2.24) is 5.32 Å². The lowest BCUT2D eigenvalue weighted by atomic mass is 10.1. The Kier molecular flexibility index (Phi) is 5.35. The molecule has 0 bridgehead atoms. The number of hydrogen-bond donors (Lipinski definition) is 2. The SMILES string of the molecule is C[C@H](NCC(O)c1ccc(C#N)cc1)c1ccccc1Cl. The number of aliphatic hydroxyl groups excluding tert-OH is 1. The van der Waals surface area contributed by atoms with E-state index in [1.54, 1.807) is 24.3 Å². The van der Waals surface area contributed by atoms with Crippen LogP contribution in [0.5, 0.6) is 0 Å². The van der Waals surface area contributed by atoms with Crippen LogP contribution in [-0.4, -0.2) is 11.7 Å². The maximum atomic E-state index is 10.2. The molecule has 0 aromatic heterocycles. The van der Waals surface area contributed by atoms with Crippen molar-refractivity contribution in [2.75, 3.05) is 6.54 Å². The van der Waals surface area contributed by atoms with Crippen LogP contribution < -0.4 is 5.32 Å². The summed E-state index contributed by atoms with van der Waals surface area (Å²) in [5.41, 5.74) is 2.38. The van der Waals surface area contributed by atoms with Gasteiger partial charge < -0.3 is 10.4 Å². The molecule has 0 heterocycles. The van der Waals surface area contributed by atoms with Crippen molar-refractivity contribution in [3.8, 4) is 6.07 Å². The summed E-state index contributed by atoms with van der Waals surface area (Å²) in [4.78, 5) is 0. The van der Waals surface area contributed by atoms with E-state index in [1.807, 2.05) is 31.2 Å². The van der Waals surface area contributed by atoms with Gasteiger partial charge in [-0.1, -0.05) is 41.9 Å². The average Bonchev–Trinajstić information content (AvgIpc) is 2.52. The highest BCUT2D eigenvalue weighted by atomic mass is 35.5. The number of aliphatic hydroxyl groups is 1. The van der Waals surface area contributed by atoms with E-state index in [9.17, 15) is 5.11 Å². The van der Waals surface area contributed by atoms with E-state index in [0.29, 0.717) is 17.1 Å². The normalized spacial score (nSPS) is 13.4. The molecule has 2 rings (SSSR count). The van der Waals surface area contributed by atoms with Gasteiger partial charge in [0.05, 0.1) is 17.7 Å². The Balaban J connectivity index is 1.96. The monoisotopic (exact) mass is 300 g/mol. The van der Waals surface area contributed by atoms with Crippen LogP contribution in [0.3, 0.4) is 0 Å². The van der Waals surface area contributed by atoms with Crippen molar-refractivity contribution in [1.29, 1.82) is 5.26 Å². The molecule has 0 saturated heterocycles. The largest absolute Gasteiger partial charge is 0.387 e. The summed E-state index contributed by atoms with van der Waals surface area (Å²) in [6.07, 6.45) is -0.623. The van der Waals surface area contributed by atoms with Crippen molar-refractivity contribution >= 4 is 11.6 Å². The van der Waals surface area contributed by atoms with E-state index in [-0.39, 0.29) is 6.04 Å². The van der Waals surface area contributed by atoms with Crippen molar-refractivity contribution in [3.05, 3.63) is 70.2 Å². The fourth-order valence-electron chi connectivity index (χ4n) is 2.12. The van der Waals surface area contributed by atoms with E-state index in [0.717, 1.165) is 11.1 Å². The molecule has 0 saturated carbocycles. The van der Waals surface area contributed by atoms with Gasteiger partial charge in [0.25, 0.3) is 0 Å². The van der Waals surface area contributed by atoms with Crippen LogP contribution in [0.25, 0.3) is 0 Å². The van der Waals surface area contributed by atoms with Crippen LogP contribution >= 0.6 is 11.6 Å². The lowest BCUT2D eigenvalue weighted by molar-refractivity contribution is 0.171. The summed E-state index contributed by atoms with van der Waals surface area (Å²) in [5.74, 6) is 0. The van der Waals surface area contributed by atoms with E-state index in [4.69, 9.17) is 16.9 Å². The number of benzene rings is 2. The maximum absolute atomic E-state index is 10.2. The van der Waals surface area contributed by atoms with E-state index in [2.05, 4.69) is 11.4 Å². The molecule has 0 spiro atoms. The maximum Gasteiger partial charge on any atom is 0.0991 e. The number of halogens is 1. The lowest BCUT2D eigenvalue weighted by Gasteiger charge is -2.18. The van der Waals surface area contributed by atoms with Crippen LogP contribution in [0.1, 0.15) is 35.8 Å². The summed E-state index contributed by atoms with van der Waals surface area (Å²) >= 11 is 6.15. The standard InChI is InChI=1S/C17H17ClN2O/c1-12(15-4-2-3-5-16(15)18)20-11-17(21)14-8-6-13(10-19)7-9-14/h2-9,12,17,20-21H,11H2,1H3/t12-,17?/m0/s1. The summed E-state index contributed by atoms with van der Waals surface area (Å²) in [6, 6.07) is 16.7. The smallest absolute Gasteiger partial charge is 0.0991 e. The number of nitriles is 1. The molecule has 0 amide bonds. The van der Waals surface area contributed by atoms with Gasteiger partial charge in [0.1, 0.15) is 0 Å². The first-order valence-electron chi connectivity index (χ1n) is 6.77. The number of nitrogens with one attached hydrogen (secondary N) is 1. The molecule has 0 fully saturated rings. The van der Waals surface area contributed by atoms with Gasteiger partial charge in [-0.25, -0.2) is 0 Å². The molecule has 1 unspecified atom stereocenters. The summed E-state index contributed by atoms with van der Waals surface area (Å²) in [7, 11) is 0. The Morgan fingerprint density at radius 1 is 1.19 bits per heavy atom. The fourth-order valence-corrected chi connectivity index (χ4v) is 2.42. The molecule has 0 aliphatic carbocycles. The molecule has 2 N–H and O–H groups in total. The van der Waals surface area contributed by atoms with Gasteiger partial charge in [0.2, 0.25) is 0 Å². The van der Waals surface area contributed by atoms with Crippen molar-refractivity contribution in [2.45, 2.75) is 19.1 Å². The van der Waals surface area contributed by atoms with Crippen molar-refractivity contribution in [2.24, 2.45) is 0 Å². The first-order chi connectivity index (χ1) is 10.1. The van der Waals surface area contributed by atoms with Crippen LogP contribution in [-0.2, 0) is 0 Å². The van der Waals surface area contributed by atoms with Gasteiger partial charge in [-0.15, -0.1) is 0 Å². The second-order valence-corrected chi connectivity index (χ2v) is 5.31.